The van der Waals surface area contributed by atoms with Gasteiger partial charge in [-0.3, -0.25) is 0 Å². The van der Waals surface area contributed by atoms with E-state index in [0.29, 0.717) is 0 Å². The Hall–Kier alpha value is -1.42. The van der Waals surface area contributed by atoms with E-state index in [2.05, 4.69) is 125 Å². The molecule has 0 amide bonds. The molecule has 144 valence electrons. The number of hydrogen-bond donors (Lipinski definition) is 0. The van der Waals surface area contributed by atoms with Crippen LogP contribution in [0.25, 0.3) is 0 Å². The van der Waals surface area contributed by atoms with Crippen molar-refractivity contribution in [1.29, 1.82) is 0 Å². The Kier molecular flexibility index (Phi) is 7.60. The zero-order valence-corrected chi connectivity index (χ0v) is 21.9. The van der Waals surface area contributed by atoms with Crippen LogP contribution in [0.1, 0.15) is 22.3 Å². The summed E-state index contributed by atoms with van der Waals surface area (Å²) in [5.41, 5.74) is 11.0. The van der Waals surface area contributed by atoms with Crippen LogP contribution in [0.3, 0.4) is 0 Å². The van der Waals surface area contributed by atoms with Crippen molar-refractivity contribution < 1.29 is 51.4 Å². The number of aryl methyl sites for hydroxylation is 4. The van der Waals surface area contributed by atoms with Crippen molar-refractivity contribution in [2.45, 2.75) is 27.7 Å². The molecule has 0 aromatic heterocycles. The van der Waals surface area contributed by atoms with E-state index in [1.165, 1.54) is 44.1 Å². The van der Waals surface area contributed by atoms with Gasteiger partial charge in [0.2, 0.25) is 0 Å². The van der Waals surface area contributed by atoms with E-state index in [4.69, 9.17) is 0 Å². The van der Waals surface area contributed by atoms with Gasteiger partial charge in [-0.1, -0.05) is 119 Å². The van der Waals surface area contributed by atoms with E-state index in [0.717, 1.165) is 0 Å². The summed E-state index contributed by atoms with van der Waals surface area (Å²) in [4.78, 5) is 0. The molecule has 0 N–H and O–H groups in total. The molecule has 0 fully saturated rings. The average molecular weight is 414 g/mol. The van der Waals surface area contributed by atoms with E-state index >= 15 is 0 Å². The van der Waals surface area contributed by atoms with Crippen LogP contribution < -0.4 is 73.2 Å². The molecule has 0 saturated carbocycles. The molecule has 0 heterocycles. The Labute approximate surface area is 224 Å². The first-order valence-corrected chi connectivity index (χ1v) is 10.5. The van der Waals surface area contributed by atoms with E-state index < -0.39 is 6.15 Å². The van der Waals surface area contributed by atoms with Gasteiger partial charge in [0.25, 0.3) is 0 Å². The van der Waals surface area contributed by atoms with Crippen molar-refractivity contribution in [3.8, 4) is 0 Å². The van der Waals surface area contributed by atoms with Gasteiger partial charge in [-0.25, -0.2) is 0 Å². The Morgan fingerprint density at radius 3 is 0.767 bits per heavy atom. The molecular formula is C28H28BK. The summed E-state index contributed by atoms with van der Waals surface area (Å²) < 4.78 is 0. The predicted octanol–water partition coefficient (Wildman–Crippen LogP) is 1.30. The van der Waals surface area contributed by atoms with Crippen molar-refractivity contribution in [3.63, 3.8) is 0 Å². The average Bonchev–Trinajstić information content (AvgIpc) is 2.73. The third-order valence-corrected chi connectivity index (χ3v) is 6.62. The van der Waals surface area contributed by atoms with Crippen molar-refractivity contribution in [2.24, 2.45) is 0 Å². The minimum absolute atomic E-state index is 0. The minimum atomic E-state index is -1.32. The van der Waals surface area contributed by atoms with Crippen molar-refractivity contribution in [3.05, 3.63) is 119 Å². The van der Waals surface area contributed by atoms with Crippen LogP contribution in [0.2, 0.25) is 0 Å². The first kappa shape index (κ1) is 23.2. The van der Waals surface area contributed by atoms with Crippen LogP contribution in [0.15, 0.2) is 97.1 Å². The number of hydrogen-bond acceptors (Lipinski definition) is 0. The van der Waals surface area contributed by atoms with Crippen LogP contribution in [0, 0.1) is 27.7 Å². The first-order valence-electron chi connectivity index (χ1n) is 10.5. The normalized spacial score (nSPS) is 11.1. The molecule has 0 unspecified atom stereocenters. The standard InChI is InChI=1S/C28H28B.K/c1-21-13-5-9-17-25(21)29(26-18-10-6-14-22(26)2,27-19-11-7-15-23(27)3)28-20-12-8-16-24(28)4;/h5-20H,1-4H3;/q-1;+1. The Balaban J connectivity index is 0.00000256. The molecule has 4 aromatic rings. The van der Waals surface area contributed by atoms with Gasteiger partial charge < -0.3 is 0 Å². The van der Waals surface area contributed by atoms with Gasteiger partial charge in [-0.15, -0.1) is 0 Å². The maximum atomic E-state index is 2.33. The van der Waals surface area contributed by atoms with Crippen LogP contribution in [0.5, 0.6) is 0 Å². The summed E-state index contributed by atoms with van der Waals surface area (Å²) >= 11 is 0. The smallest absolute Gasteiger partial charge is 0.192 e. The Bertz CT molecular complexity index is 975. The summed E-state index contributed by atoms with van der Waals surface area (Å²) in [6, 6.07) is 35.7. The fraction of sp³-hybridized carbons (Fsp3) is 0.143. The van der Waals surface area contributed by atoms with Gasteiger partial charge >= 0.3 is 51.4 Å². The second-order valence-corrected chi connectivity index (χ2v) is 8.29. The van der Waals surface area contributed by atoms with E-state index in [9.17, 15) is 0 Å². The minimum Gasteiger partial charge on any atom is -0.192 e. The number of benzene rings is 4. The zero-order chi connectivity index (χ0) is 20.4. The largest absolute Gasteiger partial charge is 1.00 e. The van der Waals surface area contributed by atoms with Gasteiger partial charge in [-0.2, -0.15) is 21.9 Å². The van der Waals surface area contributed by atoms with Crippen molar-refractivity contribution in [2.75, 3.05) is 0 Å². The molecule has 30 heavy (non-hydrogen) atoms. The summed E-state index contributed by atoms with van der Waals surface area (Å²) in [6.45, 7) is 9.00. The van der Waals surface area contributed by atoms with Crippen molar-refractivity contribution in [1.82, 2.24) is 0 Å². The third-order valence-electron chi connectivity index (χ3n) is 6.62. The topological polar surface area (TPSA) is 0 Å². The molecule has 2 heteroatoms. The monoisotopic (exact) mass is 414 g/mol. The molecule has 0 bridgehead atoms. The molecule has 0 aliphatic carbocycles. The fourth-order valence-corrected chi connectivity index (χ4v) is 5.30. The first-order chi connectivity index (χ1) is 14.1. The van der Waals surface area contributed by atoms with Crippen molar-refractivity contribution >= 4 is 28.0 Å². The van der Waals surface area contributed by atoms with Gasteiger partial charge in [0.15, 0.2) is 0 Å². The van der Waals surface area contributed by atoms with Gasteiger partial charge in [0, 0.05) is 0 Å². The second-order valence-electron chi connectivity index (χ2n) is 8.29. The van der Waals surface area contributed by atoms with Crippen LogP contribution in [-0.4, -0.2) is 6.15 Å². The summed E-state index contributed by atoms with van der Waals surface area (Å²) in [5, 5.41) is 0. The molecule has 0 atom stereocenters. The second kappa shape index (κ2) is 9.81. The maximum Gasteiger partial charge on any atom is 1.00 e. The van der Waals surface area contributed by atoms with Gasteiger partial charge in [0.1, 0.15) is 6.15 Å². The molecule has 4 rings (SSSR count). The molecule has 0 radical (unpaired) electrons. The summed E-state index contributed by atoms with van der Waals surface area (Å²) in [7, 11) is 0. The van der Waals surface area contributed by atoms with Gasteiger partial charge in [-0.05, 0) is 27.7 Å². The molecule has 0 aliphatic rings. The number of rotatable bonds is 4. The van der Waals surface area contributed by atoms with Crippen LogP contribution in [-0.2, 0) is 0 Å². The third kappa shape index (κ3) is 3.92. The predicted molar refractivity (Wildman–Crippen MR) is 129 cm³/mol. The molecular weight excluding hydrogens is 386 g/mol. The van der Waals surface area contributed by atoms with Crippen LogP contribution in [0.4, 0.5) is 0 Å². The Morgan fingerprint density at radius 2 is 0.567 bits per heavy atom. The fourth-order valence-electron chi connectivity index (χ4n) is 5.30. The van der Waals surface area contributed by atoms with Crippen LogP contribution >= 0.6 is 0 Å². The molecule has 0 spiro atoms. The molecule has 0 nitrogen and oxygen atoms in total. The Morgan fingerprint density at radius 1 is 0.367 bits per heavy atom. The van der Waals surface area contributed by atoms with E-state index in [1.54, 1.807) is 0 Å². The van der Waals surface area contributed by atoms with E-state index in [1.807, 2.05) is 0 Å². The SMILES string of the molecule is Cc1ccccc1[B-](c1ccccc1C)(c1ccccc1C)c1ccccc1C.[K+]. The molecule has 0 saturated heterocycles. The van der Waals surface area contributed by atoms with Gasteiger partial charge in [0.05, 0.1) is 0 Å². The maximum absolute atomic E-state index is 2.33. The zero-order valence-electron chi connectivity index (χ0n) is 18.8. The van der Waals surface area contributed by atoms with E-state index in [-0.39, 0.29) is 51.4 Å². The summed E-state index contributed by atoms with van der Waals surface area (Å²) in [5.74, 6) is 0. The summed E-state index contributed by atoms with van der Waals surface area (Å²) in [6.07, 6.45) is -1.32. The molecule has 0 aliphatic heterocycles. The quantitative estimate of drug-likeness (QED) is 0.442. The molecule has 4 aromatic carbocycles.